The van der Waals surface area contributed by atoms with Crippen LogP contribution in [0.4, 0.5) is 0 Å². The van der Waals surface area contributed by atoms with Gasteiger partial charge in [-0.1, -0.05) is 33.8 Å². The summed E-state index contributed by atoms with van der Waals surface area (Å²) in [7, 11) is -3.08. The molecule has 1 rings (SSSR count). The first-order valence-corrected chi connectivity index (χ1v) is 7.17. The fraction of sp³-hybridized carbons (Fsp3) is 0.538. The molecule has 0 aliphatic rings. The SMILES string of the molecule is CCS(=O)(=O)c1ccc(C(C)(C)C)c(C)c1. The molecule has 0 saturated carbocycles. The van der Waals surface area contributed by atoms with Gasteiger partial charge in [-0.25, -0.2) is 8.42 Å². The van der Waals surface area contributed by atoms with Crippen molar-refractivity contribution in [2.45, 2.75) is 44.9 Å². The van der Waals surface area contributed by atoms with Crippen LogP contribution in [0, 0.1) is 6.92 Å². The van der Waals surface area contributed by atoms with Gasteiger partial charge in [0.1, 0.15) is 0 Å². The molecule has 1 aromatic rings. The molecule has 0 aliphatic carbocycles. The molecule has 0 aliphatic heterocycles. The van der Waals surface area contributed by atoms with Crippen LogP contribution in [0.1, 0.15) is 38.8 Å². The minimum atomic E-state index is -3.08. The van der Waals surface area contributed by atoms with E-state index in [1.165, 1.54) is 5.56 Å². The van der Waals surface area contributed by atoms with E-state index in [-0.39, 0.29) is 11.2 Å². The Morgan fingerprint density at radius 2 is 1.75 bits per heavy atom. The lowest BCUT2D eigenvalue weighted by molar-refractivity contribution is 0.582. The molecule has 3 heteroatoms. The molecule has 2 nitrogen and oxygen atoms in total. The Hall–Kier alpha value is -0.830. The molecule has 0 spiro atoms. The molecule has 0 amide bonds. The van der Waals surface area contributed by atoms with E-state index in [1.54, 1.807) is 19.1 Å². The molecule has 0 saturated heterocycles. The van der Waals surface area contributed by atoms with Crippen molar-refractivity contribution < 1.29 is 8.42 Å². The van der Waals surface area contributed by atoms with Gasteiger partial charge < -0.3 is 0 Å². The van der Waals surface area contributed by atoms with Crippen LogP contribution in [0.3, 0.4) is 0 Å². The van der Waals surface area contributed by atoms with Crippen LogP contribution in [0.15, 0.2) is 23.1 Å². The van der Waals surface area contributed by atoms with E-state index in [0.717, 1.165) is 5.56 Å². The molecular weight excluding hydrogens is 220 g/mol. The van der Waals surface area contributed by atoms with E-state index in [2.05, 4.69) is 20.8 Å². The smallest absolute Gasteiger partial charge is 0.178 e. The van der Waals surface area contributed by atoms with Gasteiger partial charge in [0.15, 0.2) is 9.84 Å². The maximum atomic E-state index is 11.7. The highest BCUT2D eigenvalue weighted by atomic mass is 32.2. The molecule has 0 unspecified atom stereocenters. The molecule has 90 valence electrons. The van der Waals surface area contributed by atoms with E-state index in [9.17, 15) is 8.42 Å². The van der Waals surface area contributed by atoms with E-state index in [1.807, 2.05) is 13.0 Å². The number of aryl methyl sites for hydroxylation is 1. The molecule has 0 N–H and O–H groups in total. The van der Waals surface area contributed by atoms with Crippen molar-refractivity contribution in [3.8, 4) is 0 Å². The van der Waals surface area contributed by atoms with Crippen molar-refractivity contribution in [2.75, 3.05) is 5.75 Å². The average molecular weight is 240 g/mol. The molecule has 0 bridgehead atoms. The van der Waals surface area contributed by atoms with E-state index < -0.39 is 9.84 Å². The number of hydrogen-bond donors (Lipinski definition) is 0. The van der Waals surface area contributed by atoms with Crippen LogP contribution in [0.5, 0.6) is 0 Å². The Bertz CT molecular complexity index is 479. The third-order valence-electron chi connectivity index (χ3n) is 2.75. The molecule has 0 fully saturated rings. The average Bonchev–Trinajstić information content (AvgIpc) is 2.15. The third kappa shape index (κ3) is 2.64. The fourth-order valence-electron chi connectivity index (χ4n) is 1.84. The second-order valence-electron chi connectivity index (χ2n) is 5.13. The normalized spacial score (nSPS) is 12.8. The van der Waals surface area contributed by atoms with E-state index in [4.69, 9.17) is 0 Å². The lowest BCUT2D eigenvalue weighted by atomic mass is 9.84. The first kappa shape index (κ1) is 13.2. The summed E-state index contributed by atoms with van der Waals surface area (Å²) in [6.45, 7) is 10.0. The van der Waals surface area contributed by atoms with Crippen LogP contribution in [-0.2, 0) is 15.3 Å². The molecule has 0 aromatic heterocycles. The zero-order chi connectivity index (χ0) is 12.6. The number of benzene rings is 1. The van der Waals surface area contributed by atoms with Gasteiger partial charge in [-0.2, -0.15) is 0 Å². The Morgan fingerprint density at radius 3 is 2.12 bits per heavy atom. The highest BCUT2D eigenvalue weighted by Gasteiger charge is 2.18. The highest BCUT2D eigenvalue weighted by Crippen LogP contribution is 2.27. The Kier molecular flexibility index (Phi) is 3.48. The zero-order valence-corrected chi connectivity index (χ0v) is 11.5. The predicted molar refractivity (Wildman–Crippen MR) is 67.6 cm³/mol. The first-order chi connectivity index (χ1) is 7.18. The summed E-state index contributed by atoms with van der Waals surface area (Å²) < 4.78 is 23.4. The van der Waals surface area contributed by atoms with Crippen molar-refractivity contribution in [3.05, 3.63) is 29.3 Å². The summed E-state index contributed by atoms with van der Waals surface area (Å²) >= 11 is 0. The largest absolute Gasteiger partial charge is 0.224 e. The summed E-state index contributed by atoms with van der Waals surface area (Å²) in [4.78, 5) is 0.431. The van der Waals surface area contributed by atoms with Crippen LogP contribution in [0.25, 0.3) is 0 Å². The van der Waals surface area contributed by atoms with Gasteiger partial charge in [-0.05, 0) is 35.6 Å². The molecular formula is C13H20O2S. The van der Waals surface area contributed by atoms with Crippen molar-refractivity contribution in [3.63, 3.8) is 0 Å². The monoisotopic (exact) mass is 240 g/mol. The predicted octanol–water partition coefficient (Wildman–Crippen LogP) is 3.09. The van der Waals surface area contributed by atoms with Gasteiger partial charge in [0.05, 0.1) is 10.6 Å². The van der Waals surface area contributed by atoms with Crippen molar-refractivity contribution in [1.29, 1.82) is 0 Å². The second kappa shape index (κ2) is 4.21. The molecule has 0 radical (unpaired) electrons. The summed E-state index contributed by atoms with van der Waals surface area (Å²) in [6.07, 6.45) is 0. The van der Waals surface area contributed by atoms with Crippen molar-refractivity contribution >= 4 is 9.84 Å². The van der Waals surface area contributed by atoms with Crippen LogP contribution < -0.4 is 0 Å². The van der Waals surface area contributed by atoms with E-state index >= 15 is 0 Å². The quantitative estimate of drug-likeness (QED) is 0.796. The topological polar surface area (TPSA) is 34.1 Å². The molecule has 1 aromatic carbocycles. The number of hydrogen-bond acceptors (Lipinski definition) is 2. The molecule has 0 heterocycles. The van der Waals surface area contributed by atoms with Crippen LogP contribution in [0.2, 0.25) is 0 Å². The minimum Gasteiger partial charge on any atom is -0.224 e. The Balaban J connectivity index is 3.31. The lowest BCUT2D eigenvalue weighted by Crippen LogP contribution is -2.14. The maximum absolute atomic E-state index is 11.7. The van der Waals surface area contributed by atoms with Gasteiger partial charge in [-0.3, -0.25) is 0 Å². The van der Waals surface area contributed by atoms with Gasteiger partial charge in [0.2, 0.25) is 0 Å². The van der Waals surface area contributed by atoms with E-state index in [0.29, 0.717) is 4.90 Å². The van der Waals surface area contributed by atoms with Gasteiger partial charge >= 0.3 is 0 Å². The summed E-state index contributed by atoms with van der Waals surface area (Å²) in [5.41, 5.74) is 2.29. The van der Waals surface area contributed by atoms with Gasteiger partial charge in [0.25, 0.3) is 0 Å². The van der Waals surface area contributed by atoms with Crippen LogP contribution in [-0.4, -0.2) is 14.2 Å². The summed E-state index contributed by atoms with van der Waals surface area (Å²) in [5.74, 6) is 0.154. The summed E-state index contributed by atoms with van der Waals surface area (Å²) in [6, 6.07) is 5.42. The lowest BCUT2D eigenvalue weighted by Gasteiger charge is -2.22. The maximum Gasteiger partial charge on any atom is 0.178 e. The number of sulfone groups is 1. The van der Waals surface area contributed by atoms with Crippen LogP contribution >= 0.6 is 0 Å². The standard InChI is InChI=1S/C13H20O2S/c1-6-16(14,15)11-7-8-12(10(2)9-11)13(3,4)5/h7-9H,6H2,1-5H3. The first-order valence-electron chi connectivity index (χ1n) is 5.52. The Morgan fingerprint density at radius 1 is 1.19 bits per heavy atom. The molecule has 16 heavy (non-hydrogen) atoms. The highest BCUT2D eigenvalue weighted by molar-refractivity contribution is 7.91. The number of rotatable bonds is 2. The van der Waals surface area contributed by atoms with Gasteiger partial charge in [-0.15, -0.1) is 0 Å². The van der Waals surface area contributed by atoms with Gasteiger partial charge in [0, 0.05) is 0 Å². The summed E-state index contributed by atoms with van der Waals surface area (Å²) in [5, 5.41) is 0. The fourth-order valence-corrected chi connectivity index (χ4v) is 2.80. The second-order valence-corrected chi connectivity index (χ2v) is 7.41. The Labute approximate surface area is 98.6 Å². The van der Waals surface area contributed by atoms with Crippen molar-refractivity contribution in [2.24, 2.45) is 0 Å². The minimum absolute atomic E-state index is 0.0542. The third-order valence-corrected chi connectivity index (χ3v) is 4.48. The van der Waals surface area contributed by atoms with Crippen molar-refractivity contribution in [1.82, 2.24) is 0 Å². The zero-order valence-electron chi connectivity index (χ0n) is 10.7. The molecule has 0 atom stereocenters.